The minimum Gasteiger partial charge on any atom is -0.301 e. The van der Waals surface area contributed by atoms with Gasteiger partial charge in [-0.05, 0) is 35.1 Å². The number of nitrogens with one attached hydrogen (secondary N) is 1. The molecule has 1 atom stereocenters. The van der Waals surface area contributed by atoms with E-state index in [4.69, 9.17) is 0 Å². The lowest BCUT2D eigenvalue weighted by molar-refractivity contribution is 0.607. The Balaban J connectivity index is 1.90. The Morgan fingerprint density at radius 1 is 0.905 bits per heavy atom. The molecule has 0 saturated heterocycles. The van der Waals surface area contributed by atoms with Crippen LogP contribution >= 0.6 is 11.3 Å². The molecule has 106 valence electrons. The average Bonchev–Trinajstić information content (AvgIpc) is 3.04. The smallest absolute Gasteiger partial charge is 0.0582 e. The third kappa shape index (κ3) is 3.41. The van der Waals surface area contributed by atoms with Crippen molar-refractivity contribution < 1.29 is 0 Å². The molecule has 21 heavy (non-hydrogen) atoms. The second-order valence-electron chi connectivity index (χ2n) is 5.16. The van der Waals surface area contributed by atoms with Gasteiger partial charge in [0.05, 0.1) is 6.04 Å². The second-order valence-corrected chi connectivity index (χ2v) is 6.19. The first-order valence-electron chi connectivity index (χ1n) is 7.21. The monoisotopic (exact) mass is 293 g/mol. The summed E-state index contributed by atoms with van der Waals surface area (Å²) in [5, 5.41) is 5.83. The largest absolute Gasteiger partial charge is 0.301 e. The van der Waals surface area contributed by atoms with Crippen LogP contribution in [0.15, 0.2) is 72.1 Å². The Bertz CT molecular complexity index is 674. The molecule has 0 aliphatic heterocycles. The van der Waals surface area contributed by atoms with Crippen LogP contribution in [-0.4, -0.2) is 0 Å². The number of benzene rings is 2. The molecule has 1 N–H and O–H groups in total. The van der Waals surface area contributed by atoms with Crippen LogP contribution in [0, 0.1) is 6.92 Å². The topological polar surface area (TPSA) is 12.0 Å². The third-order valence-corrected chi connectivity index (χ3v) is 4.57. The number of hydrogen-bond donors (Lipinski definition) is 1. The van der Waals surface area contributed by atoms with E-state index in [1.165, 1.54) is 21.6 Å². The Hall–Kier alpha value is -1.90. The highest BCUT2D eigenvalue weighted by Gasteiger charge is 2.15. The fraction of sp³-hybridized carbons (Fsp3) is 0.158. The van der Waals surface area contributed by atoms with Crippen LogP contribution in [0.25, 0.3) is 0 Å². The number of thiophene rings is 1. The summed E-state index contributed by atoms with van der Waals surface area (Å²) in [6, 6.07) is 23.8. The minimum atomic E-state index is 0.231. The lowest BCUT2D eigenvalue weighted by Gasteiger charge is -2.21. The van der Waals surface area contributed by atoms with Crippen LogP contribution in [0.3, 0.4) is 0 Å². The zero-order valence-corrected chi connectivity index (χ0v) is 12.9. The molecule has 3 rings (SSSR count). The number of hydrogen-bond acceptors (Lipinski definition) is 2. The summed E-state index contributed by atoms with van der Waals surface area (Å²) in [6.07, 6.45) is 0. The van der Waals surface area contributed by atoms with Crippen LogP contribution in [0.4, 0.5) is 0 Å². The van der Waals surface area contributed by atoms with Crippen LogP contribution in [0.2, 0.25) is 0 Å². The molecule has 2 heteroatoms. The lowest BCUT2D eigenvalue weighted by atomic mass is 9.95. The van der Waals surface area contributed by atoms with Gasteiger partial charge in [-0.15, -0.1) is 11.3 Å². The Morgan fingerprint density at radius 2 is 1.67 bits per heavy atom. The Labute approximate surface area is 130 Å². The van der Waals surface area contributed by atoms with E-state index in [1.807, 2.05) is 0 Å². The van der Waals surface area contributed by atoms with E-state index in [0.29, 0.717) is 0 Å². The maximum atomic E-state index is 3.71. The van der Waals surface area contributed by atoms with Crippen molar-refractivity contribution in [3.63, 3.8) is 0 Å². The molecule has 0 saturated carbocycles. The summed E-state index contributed by atoms with van der Waals surface area (Å²) in [6.45, 7) is 3.07. The highest BCUT2D eigenvalue weighted by molar-refractivity contribution is 7.09. The molecule has 0 amide bonds. The van der Waals surface area contributed by atoms with Crippen molar-refractivity contribution in [2.75, 3.05) is 0 Å². The predicted molar refractivity (Wildman–Crippen MR) is 90.6 cm³/mol. The summed E-state index contributed by atoms with van der Waals surface area (Å²) in [5.41, 5.74) is 3.98. The van der Waals surface area contributed by atoms with E-state index < -0.39 is 0 Å². The molecule has 1 aromatic heterocycles. The first-order valence-corrected chi connectivity index (χ1v) is 8.09. The van der Waals surface area contributed by atoms with Crippen LogP contribution < -0.4 is 5.32 Å². The molecule has 3 aromatic rings. The molecule has 0 radical (unpaired) electrons. The van der Waals surface area contributed by atoms with Gasteiger partial charge in [-0.1, -0.05) is 60.7 Å². The van der Waals surface area contributed by atoms with E-state index in [2.05, 4.69) is 84.4 Å². The third-order valence-electron chi connectivity index (χ3n) is 3.69. The highest BCUT2D eigenvalue weighted by atomic mass is 32.1. The van der Waals surface area contributed by atoms with Gasteiger partial charge in [-0.25, -0.2) is 0 Å². The van der Waals surface area contributed by atoms with Gasteiger partial charge in [-0.2, -0.15) is 0 Å². The summed E-state index contributed by atoms with van der Waals surface area (Å²) in [7, 11) is 0. The van der Waals surface area contributed by atoms with Gasteiger partial charge in [0.25, 0.3) is 0 Å². The zero-order chi connectivity index (χ0) is 14.5. The predicted octanol–water partition coefficient (Wildman–Crippen LogP) is 4.94. The molecule has 0 aliphatic rings. The van der Waals surface area contributed by atoms with E-state index in [-0.39, 0.29) is 6.04 Å². The summed E-state index contributed by atoms with van der Waals surface area (Å²) in [5.74, 6) is 0. The van der Waals surface area contributed by atoms with Gasteiger partial charge in [0.15, 0.2) is 0 Å². The standard InChI is InChI=1S/C19H19NS/c1-15-8-5-6-12-18(15)19(16-9-3-2-4-10-16)20-14-17-11-7-13-21-17/h2-13,19-20H,14H2,1H3. The first kappa shape index (κ1) is 14.1. The summed E-state index contributed by atoms with van der Waals surface area (Å²) < 4.78 is 0. The average molecular weight is 293 g/mol. The molecule has 2 aromatic carbocycles. The fourth-order valence-electron chi connectivity index (χ4n) is 2.58. The van der Waals surface area contributed by atoms with Crippen LogP contribution in [-0.2, 0) is 6.54 Å². The molecule has 1 nitrogen and oxygen atoms in total. The normalized spacial score (nSPS) is 12.2. The van der Waals surface area contributed by atoms with E-state index in [0.717, 1.165) is 6.54 Å². The molecular formula is C19H19NS. The second kappa shape index (κ2) is 6.70. The maximum absolute atomic E-state index is 3.71. The zero-order valence-electron chi connectivity index (χ0n) is 12.1. The van der Waals surface area contributed by atoms with E-state index >= 15 is 0 Å². The molecule has 1 heterocycles. The van der Waals surface area contributed by atoms with E-state index in [1.54, 1.807) is 11.3 Å². The molecule has 1 unspecified atom stereocenters. The molecular weight excluding hydrogens is 274 g/mol. The fourth-order valence-corrected chi connectivity index (χ4v) is 3.24. The van der Waals surface area contributed by atoms with Crippen molar-refractivity contribution in [2.45, 2.75) is 19.5 Å². The van der Waals surface area contributed by atoms with Gasteiger partial charge in [0.2, 0.25) is 0 Å². The Kier molecular flexibility index (Phi) is 4.49. The summed E-state index contributed by atoms with van der Waals surface area (Å²) >= 11 is 1.80. The lowest BCUT2D eigenvalue weighted by Crippen LogP contribution is -2.22. The van der Waals surface area contributed by atoms with Crippen molar-refractivity contribution >= 4 is 11.3 Å². The van der Waals surface area contributed by atoms with Gasteiger partial charge in [-0.3, -0.25) is 0 Å². The SMILES string of the molecule is Cc1ccccc1C(NCc1cccs1)c1ccccc1. The maximum Gasteiger partial charge on any atom is 0.0582 e. The van der Waals surface area contributed by atoms with Crippen LogP contribution in [0.5, 0.6) is 0 Å². The minimum absolute atomic E-state index is 0.231. The molecule has 0 fully saturated rings. The first-order chi connectivity index (χ1) is 10.3. The van der Waals surface area contributed by atoms with Gasteiger partial charge in [0.1, 0.15) is 0 Å². The molecule has 0 aliphatic carbocycles. The highest BCUT2D eigenvalue weighted by Crippen LogP contribution is 2.25. The van der Waals surface area contributed by atoms with Crippen molar-refractivity contribution in [3.05, 3.63) is 93.7 Å². The van der Waals surface area contributed by atoms with Crippen molar-refractivity contribution in [1.82, 2.24) is 5.32 Å². The van der Waals surface area contributed by atoms with E-state index in [9.17, 15) is 0 Å². The molecule has 0 spiro atoms. The molecule has 0 bridgehead atoms. The Morgan fingerprint density at radius 3 is 2.38 bits per heavy atom. The number of rotatable bonds is 5. The van der Waals surface area contributed by atoms with Crippen LogP contribution in [0.1, 0.15) is 27.6 Å². The quantitative estimate of drug-likeness (QED) is 0.703. The number of aryl methyl sites for hydroxylation is 1. The van der Waals surface area contributed by atoms with Gasteiger partial charge < -0.3 is 5.32 Å². The van der Waals surface area contributed by atoms with Gasteiger partial charge in [0, 0.05) is 11.4 Å². The van der Waals surface area contributed by atoms with Crippen molar-refractivity contribution in [2.24, 2.45) is 0 Å². The van der Waals surface area contributed by atoms with Gasteiger partial charge >= 0.3 is 0 Å². The van der Waals surface area contributed by atoms with Crippen molar-refractivity contribution in [3.8, 4) is 0 Å². The summed E-state index contributed by atoms with van der Waals surface area (Å²) in [4.78, 5) is 1.37. The van der Waals surface area contributed by atoms with Crippen molar-refractivity contribution in [1.29, 1.82) is 0 Å².